The van der Waals surface area contributed by atoms with Crippen molar-refractivity contribution in [2.75, 3.05) is 6.61 Å². The summed E-state index contributed by atoms with van der Waals surface area (Å²) in [7, 11) is 0. The van der Waals surface area contributed by atoms with Gasteiger partial charge in [-0.25, -0.2) is 0 Å². The number of ether oxygens (including phenoxy) is 1. The Hall–Kier alpha value is -2.25. The van der Waals surface area contributed by atoms with Crippen LogP contribution < -0.4 is 4.80 Å². The standard InChI is InChI=1S/C19H17BrN2O3S/c1-2-25-18(24)12-22-15-9-8-14(20)11-16(15)26-19(22)21-17(23)10-13-6-4-3-5-7-13/h3-9,11H,2,10,12H2,1H3. The van der Waals surface area contributed by atoms with Crippen LogP contribution in [-0.4, -0.2) is 23.1 Å². The molecule has 0 aliphatic heterocycles. The second kappa shape index (κ2) is 8.42. The van der Waals surface area contributed by atoms with E-state index in [2.05, 4.69) is 20.9 Å². The molecule has 1 heterocycles. The van der Waals surface area contributed by atoms with Gasteiger partial charge in [0, 0.05) is 4.47 Å². The first-order valence-electron chi connectivity index (χ1n) is 8.13. The molecule has 0 atom stereocenters. The van der Waals surface area contributed by atoms with E-state index in [1.807, 2.05) is 48.5 Å². The Morgan fingerprint density at radius 1 is 1.19 bits per heavy atom. The zero-order valence-corrected chi connectivity index (χ0v) is 16.5. The lowest BCUT2D eigenvalue weighted by molar-refractivity contribution is -0.143. The highest BCUT2D eigenvalue weighted by molar-refractivity contribution is 9.10. The number of fused-ring (bicyclic) bond motifs is 1. The maximum Gasteiger partial charge on any atom is 0.326 e. The predicted octanol–water partition coefficient (Wildman–Crippen LogP) is 3.70. The van der Waals surface area contributed by atoms with E-state index in [1.54, 1.807) is 11.5 Å². The smallest absolute Gasteiger partial charge is 0.326 e. The molecule has 134 valence electrons. The van der Waals surface area contributed by atoms with Crippen molar-refractivity contribution in [1.29, 1.82) is 0 Å². The van der Waals surface area contributed by atoms with Crippen molar-refractivity contribution in [2.24, 2.45) is 4.99 Å². The highest BCUT2D eigenvalue weighted by Crippen LogP contribution is 2.22. The number of halogens is 1. The van der Waals surface area contributed by atoms with Crippen molar-refractivity contribution in [3.05, 3.63) is 63.4 Å². The van der Waals surface area contributed by atoms with Gasteiger partial charge in [-0.2, -0.15) is 4.99 Å². The molecule has 2 aromatic carbocycles. The molecule has 0 aliphatic carbocycles. The maximum atomic E-state index is 12.4. The largest absolute Gasteiger partial charge is 0.465 e. The Bertz CT molecular complexity index is 1010. The third kappa shape index (κ3) is 4.47. The van der Waals surface area contributed by atoms with Gasteiger partial charge < -0.3 is 9.30 Å². The fourth-order valence-electron chi connectivity index (χ4n) is 2.54. The van der Waals surface area contributed by atoms with Gasteiger partial charge in [0.2, 0.25) is 0 Å². The van der Waals surface area contributed by atoms with E-state index >= 15 is 0 Å². The average Bonchev–Trinajstić information content (AvgIpc) is 2.92. The van der Waals surface area contributed by atoms with E-state index in [1.165, 1.54) is 11.3 Å². The van der Waals surface area contributed by atoms with Crippen molar-refractivity contribution in [1.82, 2.24) is 4.57 Å². The van der Waals surface area contributed by atoms with Crippen molar-refractivity contribution in [3.63, 3.8) is 0 Å². The first-order chi connectivity index (χ1) is 12.6. The number of nitrogens with zero attached hydrogens (tertiary/aromatic N) is 2. The second-order valence-electron chi connectivity index (χ2n) is 5.56. The van der Waals surface area contributed by atoms with Crippen molar-refractivity contribution >= 4 is 49.4 Å². The summed E-state index contributed by atoms with van der Waals surface area (Å²) < 4.78 is 8.65. The van der Waals surface area contributed by atoms with Crippen LogP contribution >= 0.6 is 27.3 Å². The van der Waals surface area contributed by atoms with Gasteiger partial charge >= 0.3 is 5.97 Å². The maximum absolute atomic E-state index is 12.4. The molecule has 0 saturated carbocycles. The molecule has 0 spiro atoms. The highest BCUT2D eigenvalue weighted by atomic mass is 79.9. The fraction of sp³-hybridized carbons (Fsp3) is 0.211. The summed E-state index contributed by atoms with van der Waals surface area (Å²) in [5, 5.41) is 0. The highest BCUT2D eigenvalue weighted by Gasteiger charge is 2.12. The molecule has 26 heavy (non-hydrogen) atoms. The number of amides is 1. The number of rotatable bonds is 5. The molecule has 0 saturated heterocycles. The van der Waals surface area contributed by atoms with E-state index in [0.717, 1.165) is 20.3 Å². The lowest BCUT2D eigenvalue weighted by Gasteiger charge is -2.05. The molecule has 1 amide bonds. The minimum atomic E-state index is -0.355. The number of aromatic nitrogens is 1. The van der Waals surface area contributed by atoms with Gasteiger partial charge in [-0.1, -0.05) is 57.6 Å². The van der Waals surface area contributed by atoms with Crippen LogP contribution in [-0.2, 0) is 27.3 Å². The lowest BCUT2D eigenvalue weighted by atomic mass is 10.1. The molecule has 7 heteroatoms. The Morgan fingerprint density at radius 2 is 1.96 bits per heavy atom. The normalized spacial score (nSPS) is 11.7. The van der Waals surface area contributed by atoms with Gasteiger partial charge in [0.05, 0.1) is 23.2 Å². The Labute approximate surface area is 163 Å². The summed E-state index contributed by atoms with van der Waals surface area (Å²) in [6.45, 7) is 2.10. The van der Waals surface area contributed by atoms with Gasteiger partial charge in [-0.3, -0.25) is 9.59 Å². The SMILES string of the molecule is CCOC(=O)Cn1c(=NC(=O)Cc2ccccc2)sc2cc(Br)ccc21. The summed E-state index contributed by atoms with van der Waals surface area (Å²) in [4.78, 5) is 29.1. The number of carbonyl (C=O) groups excluding carboxylic acids is 2. The Morgan fingerprint density at radius 3 is 2.69 bits per heavy atom. The van der Waals surface area contributed by atoms with Gasteiger partial charge in [-0.05, 0) is 30.7 Å². The first kappa shape index (κ1) is 18.5. The Balaban J connectivity index is 2.00. The first-order valence-corrected chi connectivity index (χ1v) is 9.73. The van der Waals surface area contributed by atoms with Crippen molar-refractivity contribution in [2.45, 2.75) is 19.9 Å². The van der Waals surface area contributed by atoms with Gasteiger partial charge in [0.25, 0.3) is 5.91 Å². The van der Waals surface area contributed by atoms with E-state index in [9.17, 15) is 9.59 Å². The monoisotopic (exact) mass is 432 g/mol. The van der Waals surface area contributed by atoms with Crippen LogP contribution in [0.5, 0.6) is 0 Å². The molecule has 0 fully saturated rings. The summed E-state index contributed by atoms with van der Waals surface area (Å²) in [6.07, 6.45) is 0.220. The number of hydrogen-bond acceptors (Lipinski definition) is 4. The second-order valence-corrected chi connectivity index (χ2v) is 7.48. The van der Waals surface area contributed by atoms with Gasteiger partial charge in [-0.15, -0.1) is 0 Å². The molecule has 3 aromatic rings. The average molecular weight is 433 g/mol. The van der Waals surface area contributed by atoms with E-state index in [0.29, 0.717) is 11.4 Å². The minimum absolute atomic E-state index is 0.0208. The molecule has 5 nitrogen and oxygen atoms in total. The number of carbonyl (C=O) groups is 2. The molecular formula is C19H17BrN2O3S. The molecule has 0 bridgehead atoms. The Kier molecular flexibility index (Phi) is 6.00. The van der Waals surface area contributed by atoms with Crippen LogP contribution in [0.4, 0.5) is 0 Å². The van der Waals surface area contributed by atoms with E-state index in [4.69, 9.17) is 4.74 Å². The molecular weight excluding hydrogens is 416 g/mol. The molecule has 3 rings (SSSR count). The van der Waals surface area contributed by atoms with Crippen LogP contribution in [0, 0.1) is 0 Å². The molecule has 0 aliphatic rings. The predicted molar refractivity (Wildman–Crippen MR) is 105 cm³/mol. The number of esters is 1. The minimum Gasteiger partial charge on any atom is -0.465 e. The molecule has 0 unspecified atom stereocenters. The summed E-state index contributed by atoms with van der Waals surface area (Å²) in [5.74, 6) is -0.605. The fourth-order valence-corrected chi connectivity index (χ4v) is 4.14. The summed E-state index contributed by atoms with van der Waals surface area (Å²) in [6, 6.07) is 15.2. The van der Waals surface area contributed by atoms with Crippen LogP contribution in [0.2, 0.25) is 0 Å². The van der Waals surface area contributed by atoms with Crippen molar-refractivity contribution in [3.8, 4) is 0 Å². The number of benzene rings is 2. The quantitative estimate of drug-likeness (QED) is 0.577. The van der Waals surface area contributed by atoms with Crippen LogP contribution in [0.15, 0.2) is 58.0 Å². The van der Waals surface area contributed by atoms with Crippen LogP contribution in [0.1, 0.15) is 12.5 Å². The van der Waals surface area contributed by atoms with Crippen LogP contribution in [0.25, 0.3) is 10.2 Å². The third-order valence-corrected chi connectivity index (χ3v) is 5.19. The number of thiazole rings is 1. The summed E-state index contributed by atoms with van der Waals surface area (Å²) >= 11 is 4.82. The molecule has 0 N–H and O–H groups in total. The third-order valence-electron chi connectivity index (χ3n) is 3.66. The zero-order valence-electron chi connectivity index (χ0n) is 14.1. The van der Waals surface area contributed by atoms with E-state index < -0.39 is 0 Å². The topological polar surface area (TPSA) is 60.7 Å². The van der Waals surface area contributed by atoms with Crippen LogP contribution in [0.3, 0.4) is 0 Å². The molecule has 0 radical (unpaired) electrons. The molecule has 1 aromatic heterocycles. The lowest BCUT2D eigenvalue weighted by Crippen LogP contribution is -2.23. The van der Waals surface area contributed by atoms with Gasteiger partial charge in [0.15, 0.2) is 4.80 Å². The zero-order chi connectivity index (χ0) is 18.5. The number of hydrogen-bond donors (Lipinski definition) is 0. The van der Waals surface area contributed by atoms with Crippen molar-refractivity contribution < 1.29 is 14.3 Å². The van der Waals surface area contributed by atoms with E-state index in [-0.39, 0.29) is 24.8 Å². The van der Waals surface area contributed by atoms with Gasteiger partial charge in [0.1, 0.15) is 6.54 Å². The summed E-state index contributed by atoms with van der Waals surface area (Å²) in [5.41, 5.74) is 1.75.